The zero-order valence-corrected chi connectivity index (χ0v) is 10.4. The Labute approximate surface area is 98.1 Å². The number of hydrogen-bond donors (Lipinski definition) is 1. The Kier molecular flexibility index (Phi) is 3.88. The fourth-order valence-electron chi connectivity index (χ4n) is 3.06. The van der Waals surface area contributed by atoms with Crippen LogP contribution in [0.1, 0.15) is 39.5 Å². The minimum absolute atomic E-state index is 0.0232. The second-order valence-electron chi connectivity index (χ2n) is 5.42. The zero-order chi connectivity index (χ0) is 11.6. The van der Waals surface area contributed by atoms with Crippen molar-refractivity contribution >= 4 is 0 Å². The standard InChI is InChI=1S/C13H24O3/c1-3-12(14)10(2)11-4-6-16-13(8-11)5-7-15-9-13/h10-12,14H,3-9H2,1-2H3. The van der Waals surface area contributed by atoms with Gasteiger partial charge in [0.2, 0.25) is 0 Å². The SMILES string of the molecule is CCC(O)C(C)C1CCOC2(CCOC2)C1. The van der Waals surface area contributed by atoms with E-state index in [-0.39, 0.29) is 11.7 Å². The van der Waals surface area contributed by atoms with Gasteiger partial charge in [0.15, 0.2) is 0 Å². The molecule has 1 spiro atoms. The summed E-state index contributed by atoms with van der Waals surface area (Å²) in [6.45, 7) is 6.63. The van der Waals surface area contributed by atoms with Crippen LogP contribution < -0.4 is 0 Å². The fourth-order valence-corrected chi connectivity index (χ4v) is 3.06. The molecular weight excluding hydrogens is 204 g/mol. The molecule has 0 aliphatic carbocycles. The molecule has 1 N–H and O–H groups in total. The predicted molar refractivity (Wildman–Crippen MR) is 62.3 cm³/mol. The van der Waals surface area contributed by atoms with Crippen molar-refractivity contribution in [2.75, 3.05) is 19.8 Å². The first kappa shape index (κ1) is 12.3. The van der Waals surface area contributed by atoms with Gasteiger partial charge in [0.1, 0.15) is 0 Å². The van der Waals surface area contributed by atoms with Crippen molar-refractivity contribution in [2.24, 2.45) is 11.8 Å². The lowest BCUT2D eigenvalue weighted by molar-refractivity contribution is -0.113. The van der Waals surface area contributed by atoms with E-state index in [4.69, 9.17) is 9.47 Å². The van der Waals surface area contributed by atoms with E-state index in [1.807, 2.05) is 0 Å². The van der Waals surface area contributed by atoms with Gasteiger partial charge in [-0.2, -0.15) is 0 Å². The van der Waals surface area contributed by atoms with Gasteiger partial charge in [-0.1, -0.05) is 13.8 Å². The Hall–Kier alpha value is -0.120. The van der Waals surface area contributed by atoms with E-state index in [2.05, 4.69) is 13.8 Å². The molecule has 0 aromatic rings. The van der Waals surface area contributed by atoms with Crippen LogP contribution in [0.2, 0.25) is 0 Å². The smallest absolute Gasteiger partial charge is 0.0939 e. The van der Waals surface area contributed by atoms with Gasteiger partial charge < -0.3 is 14.6 Å². The summed E-state index contributed by atoms with van der Waals surface area (Å²) in [6.07, 6.45) is 3.86. The lowest BCUT2D eigenvalue weighted by atomic mass is 9.76. The molecule has 0 aromatic heterocycles. The molecule has 2 heterocycles. The summed E-state index contributed by atoms with van der Waals surface area (Å²) < 4.78 is 11.4. The van der Waals surface area contributed by atoms with Crippen LogP contribution in [0.4, 0.5) is 0 Å². The molecule has 2 rings (SSSR count). The van der Waals surface area contributed by atoms with Gasteiger partial charge in [-0.15, -0.1) is 0 Å². The van der Waals surface area contributed by atoms with Crippen molar-refractivity contribution in [3.8, 4) is 0 Å². The van der Waals surface area contributed by atoms with Crippen molar-refractivity contribution in [1.82, 2.24) is 0 Å². The molecule has 2 saturated heterocycles. The quantitative estimate of drug-likeness (QED) is 0.802. The van der Waals surface area contributed by atoms with Crippen molar-refractivity contribution in [1.29, 1.82) is 0 Å². The van der Waals surface area contributed by atoms with Crippen LogP contribution in [0, 0.1) is 11.8 Å². The van der Waals surface area contributed by atoms with Crippen LogP contribution in [-0.4, -0.2) is 36.6 Å². The molecule has 0 amide bonds. The number of aliphatic hydroxyl groups is 1. The average Bonchev–Trinajstić information content (AvgIpc) is 2.75. The zero-order valence-electron chi connectivity index (χ0n) is 10.4. The lowest BCUT2D eigenvalue weighted by Crippen LogP contribution is -2.43. The normalized spacial score (nSPS) is 38.8. The summed E-state index contributed by atoms with van der Waals surface area (Å²) in [6, 6.07) is 0. The van der Waals surface area contributed by atoms with Gasteiger partial charge in [-0.05, 0) is 31.1 Å². The van der Waals surface area contributed by atoms with Gasteiger partial charge >= 0.3 is 0 Å². The molecule has 0 saturated carbocycles. The van der Waals surface area contributed by atoms with E-state index in [1.54, 1.807) is 0 Å². The first-order chi connectivity index (χ1) is 7.67. The van der Waals surface area contributed by atoms with E-state index in [0.29, 0.717) is 11.8 Å². The van der Waals surface area contributed by atoms with Crippen molar-refractivity contribution in [3.05, 3.63) is 0 Å². The molecule has 2 aliphatic rings. The third-order valence-electron chi connectivity index (χ3n) is 4.37. The van der Waals surface area contributed by atoms with Crippen LogP contribution in [0.15, 0.2) is 0 Å². The molecule has 0 bridgehead atoms. The Morgan fingerprint density at radius 2 is 2.25 bits per heavy atom. The average molecular weight is 228 g/mol. The molecule has 4 unspecified atom stereocenters. The van der Waals surface area contributed by atoms with E-state index in [1.165, 1.54) is 0 Å². The van der Waals surface area contributed by atoms with Gasteiger partial charge in [0.05, 0.1) is 18.3 Å². The molecule has 0 aromatic carbocycles. The van der Waals surface area contributed by atoms with Crippen molar-refractivity contribution < 1.29 is 14.6 Å². The summed E-state index contributed by atoms with van der Waals surface area (Å²) >= 11 is 0. The summed E-state index contributed by atoms with van der Waals surface area (Å²) in [7, 11) is 0. The maximum atomic E-state index is 9.94. The van der Waals surface area contributed by atoms with Crippen LogP contribution in [0.5, 0.6) is 0 Å². The second kappa shape index (κ2) is 5.03. The molecule has 0 radical (unpaired) electrons. The van der Waals surface area contributed by atoms with E-state index in [9.17, 15) is 5.11 Å². The summed E-state index contributed by atoms with van der Waals surface area (Å²) in [5, 5.41) is 9.94. The lowest BCUT2D eigenvalue weighted by Gasteiger charge is -2.40. The Morgan fingerprint density at radius 1 is 1.44 bits per heavy atom. The van der Waals surface area contributed by atoms with Gasteiger partial charge in [-0.25, -0.2) is 0 Å². The predicted octanol–water partition coefficient (Wildman–Crippen LogP) is 1.98. The molecule has 4 atom stereocenters. The van der Waals surface area contributed by atoms with Gasteiger partial charge in [0, 0.05) is 19.6 Å². The molecule has 2 fully saturated rings. The molecule has 3 heteroatoms. The topological polar surface area (TPSA) is 38.7 Å². The van der Waals surface area contributed by atoms with E-state index >= 15 is 0 Å². The highest BCUT2D eigenvalue weighted by Gasteiger charge is 2.42. The number of rotatable bonds is 3. The monoisotopic (exact) mass is 228 g/mol. The number of ether oxygens (including phenoxy) is 2. The van der Waals surface area contributed by atoms with Crippen LogP contribution in [0.3, 0.4) is 0 Å². The Bertz CT molecular complexity index is 223. The number of aliphatic hydroxyl groups excluding tert-OH is 1. The molecule has 94 valence electrons. The maximum Gasteiger partial charge on any atom is 0.0939 e. The van der Waals surface area contributed by atoms with Gasteiger partial charge in [-0.3, -0.25) is 0 Å². The Morgan fingerprint density at radius 3 is 2.88 bits per heavy atom. The Balaban J connectivity index is 1.95. The fraction of sp³-hybridized carbons (Fsp3) is 1.00. The largest absolute Gasteiger partial charge is 0.393 e. The minimum Gasteiger partial charge on any atom is -0.393 e. The third kappa shape index (κ3) is 2.41. The molecule has 2 aliphatic heterocycles. The van der Waals surface area contributed by atoms with E-state index in [0.717, 1.165) is 45.5 Å². The van der Waals surface area contributed by atoms with Gasteiger partial charge in [0.25, 0.3) is 0 Å². The van der Waals surface area contributed by atoms with Crippen molar-refractivity contribution in [3.63, 3.8) is 0 Å². The summed E-state index contributed by atoms with van der Waals surface area (Å²) in [5.41, 5.74) is -0.0232. The van der Waals surface area contributed by atoms with Crippen molar-refractivity contribution in [2.45, 2.75) is 51.2 Å². The highest BCUT2D eigenvalue weighted by Crippen LogP contribution is 2.39. The maximum absolute atomic E-state index is 9.94. The first-order valence-corrected chi connectivity index (χ1v) is 6.56. The highest BCUT2D eigenvalue weighted by molar-refractivity contribution is 4.92. The van der Waals surface area contributed by atoms with E-state index < -0.39 is 0 Å². The third-order valence-corrected chi connectivity index (χ3v) is 4.37. The van der Waals surface area contributed by atoms with Crippen LogP contribution in [0.25, 0.3) is 0 Å². The first-order valence-electron chi connectivity index (χ1n) is 6.56. The molecular formula is C13H24O3. The molecule has 16 heavy (non-hydrogen) atoms. The highest BCUT2D eigenvalue weighted by atomic mass is 16.6. The van der Waals surface area contributed by atoms with Crippen LogP contribution in [-0.2, 0) is 9.47 Å². The second-order valence-corrected chi connectivity index (χ2v) is 5.42. The number of hydrogen-bond acceptors (Lipinski definition) is 3. The molecule has 3 nitrogen and oxygen atoms in total. The summed E-state index contributed by atoms with van der Waals surface area (Å²) in [4.78, 5) is 0. The summed E-state index contributed by atoms with van der Waals surface area (Å²) in [5.74, 6) is 0.969. The minimum atomic E-state index is -0.164. The van der Waals surface area contributed by atoms with Crippen LogP contribution >= 0.6 is 0 Å².